The standard InChI is InChI=1S/C30H32FN3O5S/c1-39-26-18-24(11-12-27(26)40-19-21-5-3-2-4-6-21)32-29(36)25(17-20-13-15-34(16-14-20)30(37)38)33-28(35)22-7-9-23(31)10-8-22/h2-12,18,20,25H,13-17,19H2,1H3,(H,32,36)(H,33,35)(H,37,38). The van der Waals surface area contributed by atoms with Crippen molar-refractivity contribution in [2.45, 2.75) is 36.0 Å². The molecule has 3 N–H and O–H groups in total. The summed E-state index contributed by atoms with van der Waals surface area (Å²) in [5, 5.41) is 14.9. The van der Waals surface area contributed by atoms with Crippen molar-refractivity contribution in [2.75, 3.05) is 25.5 Å². The van der Waals surface area contributed by atoms with Crippen molar-refractivity contribution in [2.24, 2.45) is 5.92 Å². The SMILES string of the molecule is COc1cc(NC(=O)C(CC2CCN(C(=O)O)CC2)NC(=O)c2ccc(F)cc2)ccc1SCc1ccccc1. The molecule has 40 heavy (non-hydrogen) atoms. The molecule has 0 saturated carbocycles. The van der Waals surface area contributed by atoms with Gasteiger partial charge in [0.2, 0.25) is 5.91 Å². The van der Waals surface area contributed by atoms with Crippen LogP contribution >= 0.6 is 11.8 Å². The van der Waals surface area contributed by atoms with Crippen LogP contribution in [0.3, 0.4) is 0 Å². The van der Waals surface area contributed by atoms with Crippen molar-refractivity contribution in [1.29, 1.82) is 0 Å². The van der Waals surface area contributed by atoms with E-state index in [1.165, 1.54) is 34.7 Å². The molecule has 3 aromatic carbocycles. The lowest BCUT2D eigenvalue weighted by molar-refractivity contribution is -0.118. The molecule has 10 heteroatoms. The first kappa shape index (κ1) is 28.9. The molecule has 1 unspecified atom stereocenters. The van der Waals surface area contributed by atoms with E-state index >= 15 is 0 Å². The number of methoxy groups -OCH3 is 1. The first-order valence-electron chi connectivity index (χ1n) is 13.0. The van der Waals surface area contributed by atoms with Crippen molar-refractivity contribution in [3.05, 3.63) is 89.7 Å². The Balaban J connectivity index is 1.45. The van der Waals surface area contributed by atoms with E-state index in [0.29, 0.717) is 43.8 Å². The second-order valence-electron chi connectivity index (χ2n) is 9.61. The number of ether oxygens (including phenoxy) is 1. The maximum absolute atomic E-state index is 13.4. The summed E-state index contributed by atoms with van der Waals surface area (Å²) in [6, 6.07) is 19.7. The molecule has 0 bridgehead atoms. The van der Waals surface area contributed by atoms with E-state index in [9.17, 15) is 23.9 Å². The Morgan fingerprint density at radius 1 is 1.05 bits per heavy atom. The summed E-state index contributed by atoms with van der Waals surface area (Å²) in [5.41, 5.74) is 1.94. The largest absolute Gasteiger partial charge is 0.496 e. The summed E-state index contributed by atoms with van der Waals surface area (Å²) in [6.07, 6.45) is 0.554. The van der Waals surface area contributed by atoms with Gasteiger partial charge < -0.3 is 25.4 Å². The van der Waals surface area contributed by atoms with Gasteiger partial charge in [-0.05, 0) is 67.1 Å². The smallest absolute Gasteiger partial charge is 0.407 e. The van der Waals surface area contributed by atoms with Crippen LogP contribution in [0.15, 0.2) is 77.7 Å². The normalized spacial score (nSPS) is 14.3. The summed E-state index contributed by atoms with van der Waals surface area (Å²) in [4.78, 5) is 39.9. The van der Waals surface area contributed by atoms with E-state index in [2.05, 4.69) is 22.8 Å². The molecular weight excluding hydrogens is 533 g/mol. The highest BCUT2D eigenvalue weighted by atomic mass is 32.2. The molecule has 1 aliphatic heterocycles. The number of amides is 3. The van der Waals surface area contributed by atoms with Gasteiger partial charge in [0.15, 0.2) is 0 Å². The number of halogens is 1. The summed E-state index contributed by atoms with van der Waals surface area (Å²) in [7, 11) is 1.57. The van der Waals surface area contributed by atoms with Gasteiger partial charge in [0.25, 0.3) is 5.91 Å². The number of nitrogens with zero attached hydrogens (tertiary/aromatic N) is 1. The van der Waals surface area contributed by atoms with Crippen LogP contribution in [-0.2, 0) is 10.5 Å². The predicted octanol–water partition coefficient (Wildman–Crippen LogP) is 5.64. The lowest BCUT2D eigenvalue weighted by Crippen LogP contribution is -2.46. The third-order valence-electron chi connectivity index (χ3n) is 6.85. The van der Waals surface area contributed by atoms with Gasteiger partial charge in [0.1, 0.15) is 17.6 Å². The minimum absolute atomic E-state index is 0.0474. The molecule has 0 aliphatic carbocycles. The topological polar surface area (TPSA) is 108 Å². The second-order valence-corrected chi connectivity index (χ2v) is 10.6. The molecule has 8 nitrogen and oxygen atoms in total. The number of hydrogen-bond acceptors (Lipinski definition) is 5. The van der Waals surface area contributed by atoms with E-state index in [0.717, 1.165) is 10.6 Å². The van der Waals surface area contributed by atoms with Crippen LogP contribution in [0.5, 0.6) is 5.75 Å². The highest BCUT2D eigenvalue weighted by molar-refractivity contribution is 7.98. The second kappa shape index (κ2) is 13.8. The molecular formula is C30H32FN3O5S. The average Bonchev–Trinajstić information content (AvgIpc) is 2.97. The lowest BCUT2D eigenvalue weighted by Gasteiger charge is -2.32. The van der Waals surface area contributed by atoms with E-state index in [-0.39, 0.29) is 11.5 Å². The number of piperidine rings is 1. The molecule has 4 rings (SSSR count). The molecule has 1 heterocycles. The number of anilines is 1. The molecule has 3 aromatic rings. The fraction of sp³-hybridized carbons (Fsp3) is 0.300. The summed E-state index contributed by atoms with van der Waals surface area (Å²) in [5.74, 6) is 0.0746. The minimum atomic E-state index is -0.961. The van der Waals surface area contributed by atoms with Crippen molar-refractivity contribution in [3.63, 3.8) is 0 Å². The van der Waals surface area contributed by atoms with E-state index < -0.39 is 29.8 Å². The first-order chi connectivity index (χ1) is 19.3. The molecule has 1 saturated heterocycles. The Morgan fingerprint density at radius 3 is 2.40 bits per heavy atom. The molecule has 210 valence electrons. The van der Waals surface area contributed by atoms with Crippen LogP contribution < -0.4 is 15.4 Å². The summed E-state index contributed by atoms with van der Waals surface area (Å²) < 4.78 is 18.9. The number of nitrogens with one attached hydrogen (secondary N) is 2. The zero-order valence-corrected chi connectivity index (χ0v) is 23.0. The molecule has 0 aromatic heterocycles. The van der Waals surface area contributed by atoms with Gasteiger partial charge in [-0.1, -0.05) is 30.3 Å². The number of carbonyl (C=O) groups is 3. The highest BCUT2D eigenvalue weighted by Crippen LogP contribution is 2.34. The van der Waals surface area contributed by atoms with Crippen molar-refractivity contribution in [3.8, 4) is 5.75 Å². The van der Waals surface area contributed by atoms with E-state index in [1.54, 1.807) is 31.0 Å². The van der Waals surface area contributed by atoms with Crippen LogP contribution in [0, 0.1) is 11.7 Å². The fourth-order valence-corrected chi connectivity index (χ4v) is 5.56. The predicted molar refractivity (Wildman–Crippen MR) is 152 cm³/mol. The number of carbonyl (C=O) groups excluding carboxylic acids is 2. The highest BCUT2D eigenvalue weighted by Gasteiger charge is 2.29. The van der Waals surface area contributed by atoms with Gasteiger partial charge in [-0.25, -0.2) is 9.18 Å². The first-order valence-corrected chi connectivity index (χ1v) is 14.0. The third-order valence-corrected chi connectivity index (χ3v) is 7.98. The van der Waals surface area contributed by atoms with Crippen LogP contribution in [-0.4, -0.2) is 54.2 Å². The number of carboxylic acid groups (broad SMARTS) is 1. The Morgan fingerprint density at radius 2 is 1.75 bits per heavy atom. The van der Waals surface area contributed by atoms with Gasteiger partial charge >= 0.3 is 6.09 Å². The van der Waals surface area contributed by atoms with E-state index in [4.69, 9.17) is 4.74 Å². The number of rotatable bonds is 10. The number of benzene rings is 3. The Labute approximate surface area is 236 Å². The fourth-order valence-electron chi connectivity index (χ4n) is 4.60. The minimum Gasteiger partial charge on any atom is -0.496 e. The summed E-state index contributed by atoms with van der Waals surface area (Å²) >= 11 is 1.62. The number of thioether (sulfide) groups is 1. The molecule has 1 fully saturated rings. The van der Waals surface area contributed by atoms with Crippen molar-refractivity contribution < 1.29 is 28.6 Å². The van der Waals surface area contributed by atoms with Crippen LogP contribution in [0.4, 0.5) is 14.9 Å². The van der Waals surface area contributed by atoms with E-state index in [1.807, 2.05) is 24.3 Å². The maximum Gasteiger partial charge on any atom is 0.407 e. The van der Waals surface area contributed by atoms with Gasteiger partial charge in [-0.15, -0.1) is 11.8 Å². The molecule has 1 aliphatic rings. The van der Waals surface area contributed by atoms with Crippen molar-refractivity contribution in [1.82, 2.24) is 10.2 Å². The van der Waals surface area contributed by atoms with Crippen LogP contribution in [0.25, 0.3) is 0 Å². The van der Waals surface area contributed by atoms with Gasteiger partial charge in [-0.3, -0.25) is 9.59 Å². The zero-order chi connectivity index (χ0) is 28.5. The third kappa shape index (κ3) is 7.98. The van der Waals surface area contributed by atoms with Crippen molar-refractivity contribution >= 4 is 35.4 Å². The molecule has 0 radical (unpaired) electrons. The molecule has 0 spiro atoms. The Kier molecular flexibility index (Phi) is 10.0. The average molecular weight is 566 g/mol. The van der Waals surface area contributed by atoms with Gasteiger partial charge in [-0.2, -0.15) is 0 Å². The lowest BCUT2D eigenvalue weighted by atomic mass is 9.89. The number of likely N-dealkylation sites (tertiary alicyclic amines) is 1. The van der Waals surface area contributed by atoms with Gasteiger partial charge in [0.05, 0.1) is 7.11 Å². The van der Waals surface area contributed by atoms with Gasteiger partial charge in [0, 0.05) is 41.1 Å². The maximum atomic E-state index is 13.4. The summed E-state index contributed by atoms with van der Waals surface area (Å²) in [6.45, 7) is 0.749. The van der Waals surface area contributed by atoms with Crippen LogP contribution in [0.2, 0.25) is 0 Å². The Bertz CT molecular complexity index is 1310. The number of hydrogen-bond donors (Lipinski definition) is 3. The molecule has 3 amide bonds. The quantitative estimate of drug-likeness (QED) is 0.275. The van der Waals surface area contributed by atoms with Crippen LogP contribution in [0.1, 0.15) is 35.2 Å². The zero-order valence-electron chi connectivity index (χ0n) is 22.1. The Hall–Kier alpha value is -4.05. The molecule has 1 atom stereocenters. The monoisotopic (exact) mass is 565 g/mol.